The zero-order valence-corrected chi connectivity index (χ0v) is 13.5. The number of ether oxygens (including phenoxy) is 2. The molecule has 0 unspecified atom stereocenters. The molecule has 23 heavy (non-hydrogen) atoms. The number of aromatic nitrogens is 2. The van der Waals surface area contributed by atoms with Crippen molar-refractivity contribution in [2.75, 3.05) is 19.5 Å². The van der Waals surface area contributed by atoms with Gasteiger partial charge in [0.25, 0.3) is 5.91 Å². The van der Waals surface area contributed by atoms with E-state index in [9.17, 15) is 4.79 Å². The zero-order chi connectivity index (χ0) is 16.2. The average molecular weight is 329 g/mol. The van der Waals surface area contributed by atoms with Gasteiger partial charge in [-0.15, -0.1) is 11.3 Å². The molecule has 1 aromatic carbocycles. The quantitative estimate of drug-likeness (QED) is 0.780. The molecule has 6 nitrogen and oxygen atoms in total. The van der Waals surface area contributed by atoms with Crippen molar-refractivity contribution in [3.05, 3.63) is 53.8 Å². The number of hydrogen-bond donors (Lipinski definition) is 1. The van der Waals surface area contributed by atoms with Crippen LogP contribution in [0.15, 0.2) is 48.1 Å². The summed E-state index contributed by atoms with van der Waals surface area (Å²) >= 11 is 1.41. The number of amides is 1. The van der Waals surface area contributed by atoms with Crippen molar-refractivity contribution in [1.82, 2.24) is 9.55 Å². The van der Waals surface area contributed by atoms with Gasteiger partial charge >= 0.3 is 0 Å². The fourth-order valence-corrected chi connectivity index (χ4v) is 2.83. The Morgan fingerprint density at radius 1 is 1.17 bits per heavy atom. The maximum absolute atomic E-state index is 12.3. The maximum atomic E-state index is 12.3. The third-order valence-electron chi connectivity index (χ3n) is 3.19. The second-order valence-electron chi connectivity index (χ2n) is 4.63. The molecule has 0 spiro atoms. The van der Waals surface area contributed by atoms with Crippen molar-refractivity contribution in [2.24, 2.45) is 0 Å². The minimum Gasteiger partial charge on any atom is -0.493 e. The molecule has 3 aromatic rings. The third kappa shape index (κ3) is 3.19. The molecule has 1 N–H and O–H groups in total. The Hall–Kier alpha value is -2.80. The van der Waals surface area contributed by atoms with Crippen molar-refractivity contribution in [3.63, 3.8) is 0 Å². The lowest BCUT2D eigenvalue weighted by molar-refractivity contribution is 0.102. The first-order chi connectivity index (χ1) is 11.2. The van der Waals surface area contributed by atoms with Gasteiger partial charge in [0, 0.05) is 29.5 Å². The second-order valence-corrected chi connectivity index (χ2v) is 5.47. The summed E-state index contributed by atoms with van der Waals surface area (Å²) in [6.45, 7) is 0. The normalized spacial score (nSPS) is 10.3. The van der Waals surface area contributed by atoms with Crippen molar-refractivity contribution < 1.29 is 14.3 Å². The average Bonchev–Trinajstić information content (AvgIpc) is 3.25. The molecular formula is C16H15N3O3S. The summed E-state index contributed by atoms with van der Waals surface area (Å²) in [7, 11) is 3.11. The molecule has 1 amide bonds. The predicted molar refractivity (Wildman–Crippen MR) is 88.9 cm³/mol. The Balaban J connectivity index is 1.77. The van der Waals surface area contributed by atoms with Crippen LogP contribution >= 0.6 is 11.3 Å². The van der Waals surface area contributed by atoms with Crippen molar-refractivity contribution in [2.45, 2.75) is 0 Å². The molecule has 2 aromatic heterocycles. The molecule has 0 aliphatic heterocycles. The molecule has 0 saturated carbocycles. The highest BCUT2D eigenvalue weighted by molar-refractivity contribution is 7.12. The monoisotopic (exact) mass is 329 g/mol. The molecule has 0 saturated heterocycles. The molecule has 0 aliphatic carbocycles. The minimum absolute atomic E-state index is 0.271. The van der Waals surface area contributed by atoms with Gasteiger partial charge in [0.15, 0.2) is 16.6 Å². The van der Waals surface area contributed by atoms with E-state index in [0.717, 1.165) is 5.13 Å². The standard InChI is InChI=1S/C16H15N3O3S/c1-21-13-6-5-11(9-14(13)22-2)17-15(20)12-10-23-16(18-12)19-7-3-4-8-19/h3-10H,1-2H3,(H,17,20). The molecule has 0 atom stereocenters. The van der Waals surface area contributed by atoms with Crippen LogP contribution in [0.5, 0.6) is 11.5 Å². The van der Waals surface area contributed by atoms with Crippen molar-refractivity contribution in [3.8, 4) is 16.6 Å². The van der Waals surface area contributed by atoms with Gasteiger partial charge in [-0.25, -0.2) is 4.98 Å². The first-order valence-corrected chi connectivity index (χ1v) is 7.71. The van der Waals surface area contributed by atoms with E-state index in [0.29, 0.717) is 22.9 Å². The number of benzene rings is 1. The van der Waals surface area contributed by atoms with Gasteiger partial charge in [-0.3, -0.25) is 4.79 Å². The number of carbonyl (C=O) groups is 1. The molecular weight excluding hydrogens is 314 g/mol. The number of methoxy groups -OCH3 is 2. The van der Waals surface area contributed by atoms with Crippen LogP contribution in [0.1, 0.15) is 10.5 Å². The SMILES string of the molecule is COc1ccc(NC(=O)c2csc(-n3cccc3)n2)cc1OC. The number of anilines is 1. The lowest BCUT2D eigenvalue weighted by Crippen LogP contribution is -2.12. The van der Waals surface area contributed by atoms with E-state index in [1.807, 2.05) is 29.1 Å². The fourth-order valence-electron chi connectivity index (χ4n) is 2.06. The number of nitrogens with zero attached hydrogens (tertiary/aromatic N) is 2. The minimum atomic E-state index is -0.271. The van der Waals surface area contributed by atoms with E-state index < -0.39 is 0 Å². The van der Waals surface area contributed by atoms with E-state index >= 15 is 0 Å². The first-order valence-electron chi connectivity index (χ1n) is 6.83. The van der Waals surface area contributed by atoms with Crippen LogP contribution in [-0.4, -0.2) is 29.7 Å². The van der Waals surface area contributed by atoms with E-state index in [-0.39, 0.29) is 5.91 Å². The topological polar surface area (TPSA) is 65.4 Å². The number of thiazole rings is 1. The highest BCUT2D eigenvalue weighted by atomic mass is 32.1. The third-order valence-corrected chi connectivity index (χ3v) is 4.05. The number of hydrogen-bond acceptors (Lipinski definition) is 5. The number of rotatable bonds is 5. The lowest BCUT2D eigenvalue weighted by atomic mass is 10.2. The maximum Gasteiger partial charge on any atom is 0.275 e. The van der Waals surface area contributed by atoms with E-state index in [1.165, 1.54) is 11.3 Å². The molecule has 7 heteroatoms. The molecule has 118 valence electrons. The Morgan fingerprint density at radius 3 is 2.61 bits per heavy atom. The smallest absolute Gasteiger partial charge is 0.275 e. The van der Waals surface area contributed by atoms with Crippen LogP contribution < -0.4 is 14.8 Å². The van der Waals surface area contributed by atoms with E-state index in [1.54, 1.807) is 37.8 Å². The van der Waals surface area contributed by atoms with Gasteiger partial charge < -0.3 is 19.4 Å². The van der Waals surface area contributed by atoms with E-state index in [4.69, 9.17) is 9.47 Å². The Kier molecular flexibility index (Phi) is 4.29. The Labute approximate surface area is 137 Å². The van der Waals surface area contributed by atoms with Crippen LogP contribution in [0.3, 0.4) is 0 Å². The summed E-state index contributed by atoms with van der Waals surface area (Å²) < 4.78 is 12.3. The van der Waals surface area contributed by atoms with Gasteiger partial charge in [-0.2, -0.15) is 0 Å². The van der Waals surface area contributed by atoms with E-state index in [2.05, 4.69) is 10.3 Å². The molecule has 3 rings (SSSR count). The zero-order valence-electron chi connectivity index (χ0n) is 12.6. The molecule has 2 heterocycles. The summed E-state index contributed by atoms with van der Waals surface area (Å²) in [6.07, 6.45) is 3.77. The predicted octanol–water partition coefficient (Wildman–Crippen LogP) is 3.20. The second kappa shape index (κ2) is 6.53. The van der Waals surface area contributed by atoms with Gasteiger partial charge in [-0.1, -0.05) is 0 Å². The largest absolute Gasteiger partial charge is 0.493 e. The Morgan fingerprint density at radius 2 is 1.91 bits per heavy atom. The van der Waals surface area contributed by atoms with Gasteiger partial charge in [0.05, 0.1) is 14.2 Å². The lowest BCUT2D eigenvalue weighted by Gasteiger charge is -2.09. The summed E-state index contributed by atoms with van der Waals surface area (Å²) in [6, 6.07) is 9.00. The van der Waals surface area contributed by atoms with Gasteiger partial charge in [0.1, 0.15) is 5.69 Å². The summed E-state index contributed by atoms with van der Waals surface area (Å²) in [5.41, 5.74) is 0.983. The Bertz CT molecular complexity index is 812. The van der Waals surface area contributed by atoms with Crippen LogP contribution in [-0.2, 0) is 0 Å². The van der Waals surface area contributed by atoms with Crippen LogP contribution in [0.4, 0.5) is 5.69 Å². The van der Waals surface area contributed by atoms with Crippen LogP contribution in [0, 0.1) is 0 Å². The molecule has 0 bridgehead atoms. The fraction of sp³-hybridized carbons (Fsp3) is 0.125. The number of nitrogens with one attached hydrogen (secondary N) is 1. The molecule has 0 radical (unpaired) electrons. The summed E-state index contributed by atoms with van der Waals surface area (Å²) in [5.74, 6) is 0.887. The van der Waals surface area contributed by atoms with Crippen molar-refractivity contribution in [1.29, 1.82) is 0 Å². The van der Waals surface area contributed by atoms with Gasteiger partial charge in [0.2, 0.25) is 0 Å². The summed E-state index contributed by atoms with van der Waals surface area (Å²) in [5, 5.41) is 5.27. The van der Waals surface area contributed by atoms with Gasteiger partial charge in [-0.05, 0) is 24.3 Å². The van der Waals surface area contributed by atoms with Crippen LogP contribution in [0.2, 0.25) is 0 Å². The van der Waals surface area contributed by atoms with Crippen LogP contribution in [0.25, 0.3) is 5.13 Å². The molecule has 0 fully saturated rings. The highest BCUT2D eigenvalue weighted by Gasteiger charge is 2.13. The highest BCUT2D eigenvalue weighted by Crippen LogP contribution is 2.30. The van der Waals surface area contributed by atoms with Crippen molar-refractivity contribution >= 4 is 22.9 Å². The first kappa shape index (κ1) is 15.1. The summed E-state index contributed by atoms with van der Waals surface area (Å²) in [4.78, 5) is 16.6. The molecule has 0 aliphatic rings. The number of carbonyl (C=O) groups excluding carboxylic acids is 1.